The maximum atomic E-state index is 6.08. The van der Waals surface area contributed by atoms with Crippen molar-refractivity contribution in [1.29, 1.82) is 0 Å². The second-order valence-electron chi connectivity index (χ2n) is 7.27. The Bertz CT molecular complexity index is 683. The van der Waals surface area contributed by atoms with Crippen molar-refractivity contribution in [2.45, 2.75) is 32.0 Å². The Morgan fingerprint density at radius 2 is 2.08 bits per heavy atom. The van der Waals surface area contributed by atoms with Gasteiger partial charge in [-0.15, -0.1) is 0 Å². The maximum absolute atomic E-state index is 6.08. The third-order valence-corrected chi connectivity index (χ3v) is 4.96. The van der Waals surface area contributed by atoms with Crippen LogP contribution in [0.4, 0.5) is 0 Å². The van der Waals surface area contributed by atoms with Crippen LogP contribution in [0.3, 0.4) is 0 Å². The molecule has 1 atom stereocenters. The van der Waals surface area contributed by atoms with Crippen molar-refractivity contribution >= 4 is 11.6 Å². The summed E-state index contributed by atoms with van der Waals surface area (Å²) < 4.78 is 7.93. The van der Waals surface area contributed by atoms with Crippen molar-refractivity contribution in [3.63, 3.8) is 0 Å². The molecular formula is C19H27ClN4O. The van der Waals surface area contributed by atoms with Gasteiger partial charge in [-0.1, -0.05) is 23.7 Å². The molecule has 1 fully saturated rings. The number of hydrogen-bond acceptors (Lipinski definition) is 4. The van der Waals surface area contributed by atoms with Crippen LogP contribution in [0, 0.1) is 0 Å². The lowest BCUT2D eigenvalue weighted by Crippen LogP contribution is -2.51. The molecular weight excluding hydrogens is 336 g/mol. The predicted octanol–water partition coefficient (Wildman–Crippen LogP) is 3.02. The highest BCUT2D eigenvalue weighted by Crippen LogP contribution is 2.27. The SMILES string of the molecule is Cn1cncc1CNC[C@H](c1ccc(Cl)cc1)N1CCOC(C)(C)C1. The highest BCUT2D eigenvalue weighted by molar-refractivity contribution is 6.30. The molecule has 0 spiro atoms. The van der Waals surface area contributed by atoms with Gasteiger partial charge in [0.15, 0.2) is 0 Å². The Kier molecular flexibility index (Phi) is 5.79. The molecule has 1 aliphatic heterocycles. The zero-order valence-electron chi connectivity index (χ0n) is 15.2. The molecule has 0 bridgehead atoms. The van der Waals surface area contributed by atoms with Gasteiger partial charge in [0.1, 0.15) is 0 Å². The quantitative estimate of drug-likeness (QED) is 0.857. The first-order valence-electron chi connectivity index (χ1n) is 8.74. The molecule has 1 aromatic carbocycles. The third-order valence-electron chi connectivity index (χ3n) is 4.71. The number of aryl methyl sites for hydroxylation is 1. The summed E-state index contributed by atoms with van der Waals surface area (Å²) in [6.07, 6.45) is 3.74. The van der Waals surface area contributed by atoms with E-state index in [1.807, 2.05) is 36.3 Å². The Balaban J connectivity index is 1.72. The van der Waals surface area contributed by atoms with Crippen molar-refractivity contribution < 1.29 is 4.74 Å². The second-order valence-corrected chi connectivity index (χ2v) is 7.71. The minimum Gasteiger partial charge on any atom is -0.373 e. The standard InChI is InChI=1S/C19H27ClN4O/c1-19(2)13-24(8-9-25-19)18(15-4-6-16(20)7-5-15)12-21-10-17-11-22-14-23(17)3/h4-7,11,14,18,21H,8-10,12-13H2,1-3H3/t18-/m1/s1. The molecule has 0 unspecified atom stereocenters. The molecule has 2 heterocycles. The second kappa shape index (κ2) is 7.87. The average molecular weight is 363 g/mol. The van der Waals surface area contributed by atoms with Crippen LogP contribution in [0.15, 0.2) is 36.8 Å². The van der Waals surface area contributed by atoms with E-state index in [1.165, 1.54) is 11.3 Å². The van der Waals surface area contributed by atoms with Crippen LogP contribution in [0.1, 0.15) is 31.1 Å². The fourth-order valence-corrected chi connectivity index (χ4v) is 3.48. The molecule has 0 amide bonds. The van der Waals surface area contributed by atoms with E-state index in [0.717, 1.165) is 37.8 Å². The van der Waals surface area contributed by atoms with Crippen LogP contribution in [0.2, 0.25) is 5.02 Å². The van der Waals surface area contributed by atoms with Gasteiger partial charge in [0.2, 0.25) is 0 Å². The van der Waals surface area contributed by atoms with Crippen LogP contribution < -0.4 is 5.32 Å². The number of halogens is 1. The molecule has 3 rings (SSSR count). The summed E-state index contributed by atoms with van der Waals surface area (Å²) >= 11 is 6.08. The van der Waals surface area contributed by atoms with E-state index < -0.39 is 0 Å². The molecule has 25 heavy (non-hydrogen) atoms. The van der Waals surface area contributed by atoms with Gasteiger partial charge in [0.25, 0.3) is 0 Å². The molecule has 0 radical (unpaired) electrons. The molecule has 5 nitrogen and oxygen atoms in total. The van der Waals surface area contributed by atoms with Gasteiger partial charge in [-0.25, -0.2) is 4.98 Å². The van der Waals surface area contributed by atoms with Gasteiger partial charge in [0, 0.05) is 50.5 Å². The number of benzene rings is 1. The van der Waals surface area contributed by atoms with E-state index in [0.29, 0.717) is 0 Å². The van der Waals surface area contributed by atoms with Gasteiger partial charge in [-0.2, -0.15) is 0 Å². The molecule has 1 saturated heterocycles. The highest BCUT2D eigenvalue weighted by atomic mass is 35.5. The van der Waals surface area contributed by atoms with Crippen LogP contribution >= 0.6 is 11.6 Å². The fraction of sp³-hybridized carbons (Fsp3) is 0.526. The van der Waals surface area contributed by atoms with Crippen molar-refractivity contribution in [3.8, 4) is 0 Å². The topological polar surface area (TPSA) is 42.3 Å². The van der Waals surface area contributed by atoms with E-state index in [1.54, 1.807) is 0 Å². The Hall–Kier alpha value is -1.40. The Labute approximate surface area is 154 Å². The molecule has 136 valence electrons. The molecule has 6 heteroatoms. The van der Waals surface area contributed by atoms with Gasteiger partial charge in [-0.05, 0) is 31.5 Å². The zero-order chi connectivity index (χ0) is 17.9. The smallest absolute Gasteiger partial charge is 0.0945 e. The predicted molar refractivity (Wildman–Crippen MR) is 101 cm³/mol. The maximum Gasteiger partial charge on any atom is 0.0945 e. The van der Waals surface area contributed by atoms with Crippen molar-refractivity contribution in [3.05, 3.63) is 53.1 Å². The Morgan fingerprint density at radius 1 is 1.32 bits per heavy atom. The van der Waals surface area contributed by atoms with E-state index in [-0.39, 0.29) is 11.6 Å². The molecule has 1 aromatic heterocycles. The number of rotatable bonds is 6. The highest BCUT2D eigenvalue weighted by Gasteiger charge is 2.31. The first-order valence-corrected chi connectivity index (χ1v) is 9.12. The first kappa shape index (κ1) is 18.4. The minimum atomic E-state index is -0.120. The van der Waals surface area contributed by atoms with Gasteiger partial charge < -0.3 is 14.6 Å². The minimum absolute atomic E-state index is 0.120. The van der Waals surface area contributed by atoms with E-state index in [9.17, 15) is 0 Å². The monoisotopic (exact) mass is 362 g/mol. The number of aromatic nitrogens is 2. The zero-order valence-corrected chi connectivity index (χ0v) is 16.0. The lowest BCUT2D eigenvalue weighted by atomic mass is 10.0. The third kappa shape index (κ3) is 4.82. The summed E-state index contributed by atoms with van der Waals surface area (Å²) in [6, 6.07) is 8.48. The molecule has 0 saturated carbocycles. The average Bonchev–Trinajstić information content (AvgIpc) is 2.97. The van der Waals surface area contributed by atoms with Crippen LogP contribution in [-0.4, -0.2) is 46.3 Å². The summed E-state index contributed by atoms with van der Waals surface area (Å²) in [7, 11) is 2.02. The summed E-state index contributed by atoms with van der Waals surface area (Å²) in [4.78, 5) is 6.68. The summed E-state index contributed by atoms with van der Waals surface area (Å²) in [5.41, 5.74) is 2.34. The van der Waals surface area contributed by atoms with E-state index in [4.69, 9.17) is 16.3 Å². The fourth-order valence-electron chi connectivity index (χ4n) is 3.35. The summed E-state index contributed by atoms with van der Waals surface area (Å²) in [6.45, 7) is 8.58. The largest absolute Gasteiger partial charge is 0.373 e. The van der Waals surface area contributed by atoms with E-state index in [2.05, 4.69) is 41.2 Å². The number of imidazole rings is 1. The molecule has 1 N–H and O–H groups in total. The lowest BCUT2D eigenvalue weighted by Gasteiger charge is -2.42. The summed E-state index contributed by atoms with van der Waals surface area (Å²) in [5, 5.41) is 4.36. The van der Waals surface area contributed by atoms with E-state index >= 15 is 0 Å². The van der Waals surface area contributed by atoms with Crippen LogP contribution in [0.25, 0.3) is 0 Å². The number of ether oxygens (including phenoxy) is 1. The molecule has 0 aliphatic carbocycles. The normalized spacial score (nSPS) is 19.0. The van der Waals surface area contributed by atoms with Crippen LogP contribution in [0.5, 0.6) is 0 Å². The summed E-state index contributed by atoms with van der Waals surface area (Å²) in [5.74, 6) is 0. The Morgan fingerprint density at radius 3 is 2.72 bits per heavy atom. The van der Waals surface area contributed by atoms with Crippen molar-refractivity contribution in [2.24, 2.45) is 7.05 Å². The van der Waals surface area contributed by atoms with Gasteiger partial charge in [0.05, 0.1) is 24.2 Å². The number of nitrogens with one attached hydrogen (secondary N) is 1. The number of morpholine rings is 1. The van der Waals surface area contributed by atoms with Crippen molar-refractivity contribution in [1.82, 2.24) is 19.8 Å². The van der Waals surface area contributed by atoms with Crippen molar-refractivity contribution in [2.75, 3.05) is 26.2 Å². The van der Waals surface area contributed by atoms with Gasteiger partial charge in [-0.3, -0.25) is 4.90 Å². The number of hydrogen-bond donors (Lipinski definition) is 1. The van der Waals surface area contributed by atoms with Gasteiger partial charge >= 0.3 is 0 Å². The number of nitrogens with zero attached hydrogens (tertiary/aromatic N) is 3. The van der Waals surface area contributed by atoms with Crippen LogP contribution in [-0.2, 0) is 18.3 Å². The first-order chi connectivity index (χ1) is 11.9. The lowest BCUT2D eigenvalue weighted by molar-refractivity contribution is -0.0974. The molecule has 1 aliphatic rings. The molecule has 2 aromatic rings.